The molecule has 0 aliphatic heterocycles. The summed E-state index contributed by atoms with van der Waals surface area (Å²) in [6, 6.07) is 11.3. The molecule has 0 radical (unpaired) electrons. The van der Waals surface area contributed by atoms with Gasteiger partial charge in [0, 0.05) is 5.39 Å². The molecule has 1 aromatic carbocycles. The molecule has 0 aliphatic rings. The highest BCUT2D eigenvalue weighted by Crippen LogP contribution is 2.14. The third-order valence-electron chi connectivity index (χ3n) is 1.95. The number of para-hydroxylation sites is 1. The molecule has 0 atom stereocenters. The second kappa shape index (κ2) is 4.39. The van der Waals surface area contributed by atoms with Crippen LogP contribution in [0.25, 0.3) is 10.9 Å². The van der Waals surface area contributed by atoms with E-state index in [4.69, 9.17) is 5.11 Å². The van der Waals surface area contributed by atoms with Gasteiger partial charge < -0.3 is 5.11 Å². The molecule has 0 unspecified atom stereocenters. The minimum atomic E-state index is -1.10. The predicted octanol–water partition coefficient (Wildman–Crippen LogP) is 1.72. The van der Waals surface area contributed by atoms with Crippen molar-refractivity contribution in [1.82, 2.24) is 4.98 Å². The van der Waals surface area contributed by atoms with Gasteiger partial charge >= 0.3 is 5.97 Å². The molecule has 5 heteroatoms. The van der Waals surface area contributed by atoms with Gasteiger partial charge in [0.05, 0.1) is 5.52 Å². The predicted molar refractivity (Wildman–Crippen MR) is 61.5 cm³/mol. The molecule has 0 aliphatic carbocycles. The summed E-state index contributed by atoms with van der Waals surface area (Å²) in [5.74, 6) is -0.593. The minimum absolute atomic E-state index is 0.510. The van der Waals surface area contributed by atoms with Crippen LogP contribution in [0.15, 0.2) is 41.5 Å². The Balaban J connectivity index is 2.23. The Labute approximate surface area is 91.4 Å². The van der Waals surface area contributed by atoms with E-state index >= 15 is 0 Å². The number of carbonyl (C=O) groups is 1. The second-order valence-corrected chi connectivity index (χ2v) is 3.10. The number of carboxylic acids is 1. The highest BCUT2D eigenvalue weighted by Gasteiger charge is 1.95. The number of hydrogen-bond acceptors (Lipinski definition) is 4. The van der Waals surface area contributed by atoms with Crippen molar-refractivity contribution in [3.63, 3.8) is 0 Å². The Kier molecular flexibility index (Phi) is 2.77. The Bertz CT molecular complexity index is 552. The van der Waals surface area contributed by atoms with Gasteiger partial charge in [0.25, 0.3) is 0 Å². The van der Waals surface area contributed by atoms with E-state index in [0.717, 1.165) is 17.1 Å². The molecular weight excluding hydrogens is 206 g/mol. The van der Waals surface area contributed by atoms with Crippen LogP contribution in [0.2, 0.25) is 0 Å². The number of anilines is 1. The quantitative estimate of drug-likeness (QED) is 0.603. The standard InChI is InChI=1S/C11H9N3O2/c15-11(16)7-12-14-10-6-5-8-3-1-2-4-9(8)13-10/h1-7H,(H,13,14)(H,15,16). The van der Waals surface area contributed by atoms with E-state index < -0.39 is 5.97 Å². The maximum atomic E-state index is 10.2. The van der Waals surface area contributed by atoms with Gasteiger partial charge in [-0.2, -0.15) is 5.10 Å². The van der Waals surface area contributed by atoms with Crippen molar-refractivity contribution in [1.29, 1.82) is 0 Å². The molecule has 2 N–H and O–H groups in total. The van der Waals surface area contributed by atoms with Crippen molar-refractivity contribution in [2.45, 2.75) is 0 Å². The first-order valence-electron chi connectivity index (χ1n) is 4.63. The number of carboxylic acid groups (broad SMARTS) is 1. The van der Waals surface area contributed by atoms with Crippen molar-refractivity contribution < 1.29 is 9.90 Å². The molecule has 1 aromatic heterocycles. The molecule has 5 nitrogen and oxygen atoms in total. The van der Waals surface area contributed by atoms with Crippen LogP contribution in [0, 0.1) is 0 Å². The number of nitrogens with one attached hydrogen (secondary N) is 1. The number of hydrazone groups is 1. The number of aromatic nitrogens is 1. The van der Waals surface area contributed by atoms with E-state index in [1.165, 1.54) is 0 Å². The second-order valence-electron chi connectivity index (χ2n) is 3.10. The monoisotopic (exact) mass is 215 g/mol. The third-order valence-corrected chi connectivity index (χ3v) is 1.95. The Morgan fingerprint density at radius 2 is 2.12 bits per heavy atom. The average Bonchev–Trinajstić information content (AvgIpc) is 2.28. The zero-order valence-corrected chi connectivity index (χ0v) is 8.29. The van der Waals surface area contributed by atoms with Crippen molar-refractivity contribution in [2.75, 3.05) is 5.43 Å². The Hall–Kier alpha value is -2.43. The number of aliphatic carboxylic acids is 1. The summed E-state index contributed by atoms with van der Waals surface area (Å²) in [5, 5.41) is 12.9. The van der Waals surface area contributed by atoms with Crippen molar-refractivity contribution >= 4 is 28.9 Å². The number of rotatable bonds is 3. The van der Waals surface area contributed by atoms with E-state index in [1.54, 1.807) is 6.07 Å². The highest BCUT2D eigenvalue weighted by molar-refractivity contribution is 6.22. The van der Waals surface area contributed by atoms with Gasteiger partial charge in [-0.3, -0.25) is 5.43 Å². The van der Waals surface area contributed by atoms with Crippen LogP contribution >= 0.6 is 0 Å². The molecule has 80 valence electrons. The van der Waals surface area contributed by atoms with Gasteiger partial charge in [0.2, 0.25) is 0 Å². The lowest BCUT2D eigenvalue weighted by Gasteiger charge is -2.00. The maximum absolute atomic E-state index is 10.2. The summed E-state index contributed by atoms with van der Waals surface area (Å²) in [7, 11) is 0. The Morgan fingerprint density at radius 3 is 2.94 bits per heavy atom. The van der Waals surface area contributed by atoms with Gasteiger partial charge in [-0.25, -0.2) is 9.78 Å². The lowest BCUT2D eigenvalue weighted by Crippen LogP contribution is -1.99. The van der Waals surface area contributed by atoms with Gasteiger partial charge in [0.1, 0.15) is 12.0 Å². The van der Waals surface area contributed by atoms with Crippen LogP contribution in [0.1, 0.15) is 0 Å². The van der Waals surface area contributed by atoms with Gasteiger partial charge in [-0.15, -0.1) is 0 Å². The van der Waals surface area contributed by atoms with Crippen LogP contribution in [0.3, 0.4) is 0 Å². The SMILES string of the molecule is O=C(O)C=NNc1ccc2ccccc2n1. The summed E-state index contributed by atoms with van der Waals surface area (Å²) in [5.41, 5.74) is 3.38. The Morgan fingerprint density at radius 1 is 1.31 bits per heavy atom. The van der Waals surface area contributed by atoms with Crippen molar-refractivity contribution in [3.8, 4) is 0 Å². The number of hydrogen-bond donors (Lipinski definition) is 2. The van der Waals surface area contributed by atoms with E-state index in [1.807, 2.05) is 30.3 Å². The molecule has 1 heterocycles. The molecule has 2 aromatic rings. The molecule has 0 spiro atoms. The molecule has 0 saturated carbocycles. The van der Waals surface area contributed by atoms with E-state index in [0.29, 0.717) is 5.82 Å². The van der Waals surface area contributed by atoms with Crippen LogP contribution < -0.4 is 5.43 Å². The van der Waals surface area contributed by atoms with Gasteiger partial charge in [-0.05, 0) is 18.2 Å². The molecule has 2 rings (SSSR count). The van der Waals surface area contributed by atoms with E-state index in [9.17, 15) is 4.79 Å². The lowest BCUT2D eigenvalue weighted by molar-refractivity contribution is -0.128. The first-order valence-corrected chi connectivity index (χ1v) is 4.63. The van der Waals surface area contributed by atoms with E-state index in [-0.39, 0.29) is 0 Å². The molecule has 16 heavy (non-hydrogen) atoms. The average molecular weight is 215 g/mol. The number of fused-ring (bicyclic) bond motifs is 1. The number of pyridine rings is 1. The molecular formula is C11H9N3O2. The van der Waals surface area contributed by atoms with Crippen molar-refractivity contribution in [2.24, 2.45) is 5.10 Å². The van der Waals surface area contributed by atoms with Crippen LogP contribution in [0.5, 0.6) is 0 Å². The van der Waals surface area contributed by atoms with Gasteiger partial charge in [-0.1, -0.05) is 18.2 Å². The number of benzene rings is 1. The topological polar surface area (TPSA) is 74.6 Å². The molecule has 0 saturated heterocycles. The van der Waals surface area contributed by atoms with Crippen LogP contribution in [-0.2, 0) is 4.79 Å². The molecule has 0 bridgehead atoms. The first-order chi connectivity index (χ1) is 7.75. The van der Waals surface area contributed by atoms with E-state index in [2.05, 4.69) is 15.5 Å². The fraction of sp³-hybridized carbons (Fsp3) is 0. The van der Waals surface area contributed by atoms with Crippen molar-refractivity contribution in [3.05, 3.63) is 36.4 Å². The summed E-state index contributed by atoms with van der Waals surface area (Å²) >= 11 is 0. The van der Waals surface area contributed by atoms with Crippen LogP contribution in [0.4, 0.5) is 5.82 Å². The largest absolute Gasteiger partial charge is 0.477 e. The fourth-order valence-electron chi connectivity index (χ4n) is 1.28. The molecule has 0 amide bonds. The maximum Gasteiger partial charge on any atom is 0.348 e. The zero-order valence-electron chi connectivity index (χ0n) is 8.29. The highest BCUT2D eigenvalue weighted by atomic mass is 16.4. The van der Waals surface area contributed by atoms with Gasteiger partial charge in [0.15, 0.2) is 0 Å². The first kappa shape index (κ1) is 10.1. The third kappa shape index (κ3) is 2.33. The smallest absolute Gasteiger partial charge is 0.348 e. The van der Waals surface area contributed by atoms with Crippen LogP contribution in [-0.4, -0.2) is 22.3 Å². The molecule has 0 fully saturated rings. The minimum Gasteiger partial charge on any atom is -0.477 e. The summed E-state index contributed by atoms with van der Waals surface area (Å²) in [6.07, 6.45) is 0.775. The normalized spacial score (nSPS) is 10.8. The lowest BCUT2D eigenvalue weighted by atomic mass is 10.2. The number of nitrogens with zero attached hydrogens (tertiary/aromatic N) is 2. The zero-order chi connectivity index (χ0) is 11.4. The summed E-state index contributed by atoms with van der Waals surface area (Å²) in [6.45, 7) is 0. The summed E-state index contributed by atoms with van der Waals surface area (Å²) < 4.78 is 0. The fourth-order valence-corrected chi connectivity index (χ4v) is 1.28. The summed E-state index contributed by atoms with van der Waals surface area (Å²) in [4.78, 5) is 14.4.